The van der Waals surface area contributed by atoms with E-state index in [1.165, 1.54) is 11.6 Å². The predicted octanol–water partition coefficient (Wildman–Crippen LogP) is 4.62. The summed E-state index contributed by atoms with van der Waals surface area (Å²) in [7, 11) is 0. The van der Waals surface area contributed by atoms with Crippen molar-refractivity contribution < 1.29 is 13.5 Å². The molecule has 150 valence electrons. The molecule has 2 aromatic carbocycles. The molecule has 0 bridgehead atoms. The molecule has 0 saturated carbocycles. The Balaban J connectivity index is 1.32. The molecule has 3 aromatic rings. The highest BCUT2D eigenvalue weighted by atomic mass is 19.2. The third-order valence-corrected chi connectivity index (χ3v) is 4.88. The Morgan fingerprint density at radius 2 is 1.83 bits per heavy atom. The van der Waals surface area contributed by atoms with Crippen LogP contribution in [0.1, 0.15) is 18.4 Å². The third kappa shape index (κ3) is 5.26. The second-order valence-corrected chi connectivity index (χ2v) is 7.12. The van der Waals surface area contributed by atoms with E-state index in [0.717, 1.165) is 38.5 Å². The molecule has 0 spiro atoms. The number of nitrogens with zero attached hydrogens (tertiary/aromatic N) is 3. The van der Waals surface area contributed by atoms with Crippen molar-refractivity contribution in [2.45, 2.75) is 25.4 Å². The summed E-state index contributed by atoms with van der Waals surface area (Å²) in [5.74, 6) is -0.963. The number of halogens is 2. The first-order chi connectivity index (χ1) is 14.2. The van der Waals surface area contributed by atoms with Crippen LogP contribution in [0.15, 0.2) is 60.9 Å². The molecule has 1 aliphatic heterocycles. The predicted molar refractivity (Wildman–Crippen MR) is 107 cm³/mol. The Morgan fingerprint density at radius 1 is 1.03 bits per heavy atom. The summed E-state index contributed by atoms with van der Waals surface area (Å²) < 4.78 is 32.2. The Hall–Kier alpha value is -3.06. The number of anilines is 1. The van der Waals surface area contributed by atoms with Crippen molar-refractivity contribution in [3.63, 3.8) is 0 Å². The minimum Gasteiger partial charge on any atom is -0.424 e. The van der Waals surface area contributed by atoms with Crippen LogP contribution in [-0.2, 0) is 6.54 Å². The smallest absolute Gasteiger partial charge is 0.321 e. The lowest BCUT2D eigenvalue weighted by atomic mass is 10.0. The zero-order valence-corrected chi connectivity index (χ0v) is 15.9. The van der Waals surface area contributed by atoms with Crippen LogP contribution in [0, 0.1) is 11.6 Å². The molecule has 29 heavy (non-hydrogen) atoms. The van der Waals surface area contributed by atoms with E-state index in [9.17, 15) is 8.78 Å². The van der Waals surface area contributed by atoms with Crippen LogP contribution in [0.4, 0.5) is 14.5 Å². The fourth-order valence-electron chi connectivity index (χ4n) is 3.50. The topological polar surface area (TPSA) is 50.3 Å². The molecule has 1 N–H and O–H groups in total. The molecule has 4 rings (SSSR count). The lowest BCUT2D eigenvalue weighted by Crippen LogP contribution is -2.41. The second-order valence-electron chi connectivity index (χ2n) is 7.12. The highest BCUT2D eigenvalue weighted by molar-refractivity contribution is 5.44. The summed E-state index contributed by atoms with van der Waals surface area (Å²) in [6, 6.07) is 14.1. The molecule has 2 heterocycles. The molecule has 5 nitrogen and oxygen atoms in total. The normalized spacial score (nSPS) is 17.1. The van der Waals surface area contributed by atoms with Crippen molar-refractivity contribution in [3.05, 3.63) is 78.1 Å². The monoisotopic (exact) mass is 396 g/mol. The Bertz CT molecular complexity index is 937. The Morgan fingerprint density at radius 3 is 2.59 bits per heavy atom. The number of benzene rings is 2. The van der Waals surface area contributed by atoms with Crippen LogP contribution < -0.4 is 10.1 Å². The number of rotatable bonds is 6. The number of hydrogen-bond acceptors (Lipinski definition) is 5. The Labute approximate surface area is 168 Å². The van der Waals surface area contributed by atoms with Gasteiger partial charge < -0.3 is 10.1 Å². The van der Waals surface area contributed by atoms with Gasteiger partial charge in [0.05, 0.1) is 0 Å². The second kappa shape index (κ2) is 8.96. The number of piperidine rings is 1. The van der Waals surface area contributed by atoms with Crippen LogP contribution in [-0.4, -0.2) is 34.0 Å². The van der Waals surface area contributed by atoms with Gasteiger partial charge in [-0.05, 0) is 55.3 Å². The van der Waals surface area contributed by atoms with Gasteiger partial charge in [0.25, 0.3) is 0 Å². The van der Waals surface area contributed by atoms with Crippen molar-refractivity contribution in [1.82, 2.24) is 14.9 Å². The zero-order chi connectivity index (χ0) is 20.1. The maximum absolute atomic E-state index is 13.4. The van der Waals surface area contributed by atoms with Gasteiger partial charge in [-0.25, -0.2) is 18.7 Å². The van der Waals surface area contributed by atoms with E-state index >= 15 is 0 Å². The summed E-state index contributed by atoms with van der Waals surface area (Å²) in [5.41, 5.74) is 1.79. The first kappa shape index (κ1) is 19.3. The van der Waals surface area contributed by atoms with E-state index in [1.807, 2.05) is 24.3 Å². The van der Waals surface area contributed by atoms with Crippen LogP contribution in [0.2, 0.25) is 0 Å². The highest BCUT2D eigenvalue weighted by Crippen LogP contribution is 2.22. The van der Waals surface area contributed by atoms with E-state index in [0.29, 0.717) is 17.4 Å². The summed E-state index contributed by atoms with van der Waals surface area (Å²) >= 11 is 0. The quantitative estimate of drug-likeness (QED) is 0.659. The highest BCUT2D eigenvalue weighted by Gasteiger charge is 2.20. The summed E-state index contributed by atoms with van der Waals surface area (Å²) in [4.78, 5) is 10.5. The summed E-state index contributed by atoms with van der Waals surface area (Å²) in [6.07, 6.45) is 5.32. The molecule has 1 saturated heterocycles. The van der Waals surface area contributed by atoms with Gasteiger partial charge in [0.15, 0.2) is 11.6 Å². The van der Waals surface area contributed by atoms with E-state index in [1.54, 1.807) is 24.5 Å². The van der Waals surface area contributed by atoms with Gasteiger partial charge >= 0.3 is 6.01 Å². The first-order valence-corrected chi connectivity index (χ1v) is 9.63. The number of aromatic nitrogens is 2. The average Bonchev–Trinajstić information content (AvgIpc) is 2.73. The van der Waals surface area contributed by atoms with Crippen LogP contribution in [0.3, 0.4) is 0 Å². The average molecular weight is 396 g/mol. The lowest BCUT2D eigenvalue weighted by Gasteiger charge is -2.33. The van der Waals surface area contributed by atoms with Crippen molar-refractivity contribution in [3.8, 4) is 11.8 Å². The standard InChI is InChI=1S/C22H22F2N4O/c23-20-9-6-17(13-21(20)24)27-18-3-1-12-28(15-18)14-16-4-7-19(8-5-16)29-22-25-10-2-11-26-22/h2,4-11,13,18,27H,1,3,12,14-15H2. The number of nitrogens with one attached hydrogen (secondary N) is 1. The number of likely N-dealkylation sites (tertiary alicyclic amines) is 1. The third-order valence-electron chi connectivity index (χ3n) is 4.88. The van der Waals surface area contributed by atoms with Gasteiger partial charge in [-0.2, -0.15) is 0 Å². The molecule has 1 aliphatic rings. The van der Waals surface area contributed by atoms with Crippen LogP contribution >= 0.6 is 0 Å². The van der Waals surface area contributed by atoms with Crippen molar-refractivity contribution in [2.75, 3.05) is 18.4 Å². The van der Waals surface area contributed by atoms with Gasteiger partial charge in [0.2, 0.25) is 0 Å². The fraction of sp³-hybridized carbons (Fsp3) is 0.273. The largest absolute Gasteiger partial charge is 0.424 e. The van der Waals surface area contributed by atoms with Crippen molar-refractivity contribution >= 4 is 5.69 Å². The maximum Gasteiger partial charge on any atom is 0.321 e. The molecular formula is C22H22F2N4O. The number of hydrogen-bond donors (Lipinski definition) is 1. The van der Waals surface area contributed by atoms with Gasteiger partial charge in [0.1, 0.15) is 5.75 Å². The minimum absolute atomic E-state index is 0.200. The fourth-order valence-corrected chi connectivity index (χ4v) is 3.50. The molecule has 1 unspecified atom stereocenters. The lowest BCUT2D eigenvalue weighted by molar-refractivity contribution is 0.208. The molecule has 7 heteroatoms. The first-order valence-electron chi connectivity index (χ1n) is 9.63. The van der Waals surface area contributed by atoms with Gasteiger partial charge in [-0.1, -0.05) is 12.1 Å². The molecule has 0 amide bonds. The van der Waals surface area contributed by atoms with E-state index in [-0.39, 0.29) is 6.04 Å². The molecular weight excluding hydrogens is 374 g/mol. The maximum atomic E-state index is 13.4. The van der Waals surface area contributed by atoms with Gasteiger partial charge in [-0.3, -0.25) is 4.90 Å². The van der Waals surface area contributed by atoms with E-state index in [2.05, 4.69) is 20.2 Å². The zero-order valence-electron chi connectivity index (χ0n) is 15.9. The van der Waals surface area contributed by atoms with E-state index < -0.39 is 11.6 Å². The van der Waals surface area contributed by atoms with Crippen molar-refractivity contribution in [1.29, 1.82) is 0 Å². The minimum atomic E-state index is -0.828. The molecule has 0 radical (unpaired) electrons. The Kier molecular flexibility index (Phi) is 5.95. The van der Waals surface area contributed by atoms with Crippen LogP contribution in [0.25, 0.3) is 0 Å². The van der Waals surface area contributed by atoms with Gasteiger partial charge in [0, 0.05) is 43.3 Å². The molecule has 1 aromatic heterocycles. The summed E-state index contributed by atoms with van der Waals surface area (Å²) in [6.45, 7) is 2.67. The molecule has 0 aliphatic carbocycles. The van der Waals surface area contributed by atoms with Crippen molar-refractivity contribution in [2.24, 2.45) is 0 Å². The molecule has 1 fully saturated rings. The van der Waals surface area contributed by atoms with Crippen LogP contribution in [0.5, 0.6) is 11.8 Å². The van der Waals surface area contributed by atoms with Gasteiger partial charge in [-0.15, -0.1) is 0 Å². The SMILES string of the molecule is Fc1ccc(NC2CCCN(Cc3ccc(Oc4ncccn4)cc3)C2)cc1F. The summed E-state index contributed by atoms with van der Waals surface area (Å²) in [5, 5.41) is 3.32. The molecule has 1 atom stereocenters. The van der Waals surface area contributed by atoms with E-state index in [4.69, 9.17) is 4.74 Å². The number of ether oxygens (including phenoxy) is 1.